The molecular weight excluding hydrogens is 270 g/mol. The van der Waals surface area contributed by atoms with Crippen molar-refractivity contribution in [3.63, 3.8) is 0 Å². The SMILES string of the molecule is CN(C(=S)NCCC[NH+]1CCOCC1)c1ccccc1. The van der Waals surface area contributed by atoms with Crippen LogP contribution >= 0.6 is 12.2 Å². The quantitative estimate of drug-likeness (QED) is 0.604. The molecule has 1 aliphatic rings. The van der Waals surface area contributed by atoms with E-state index >= 15 is 0 Å². The molecule has 1 aromatic rings. The molecule has 0 radical (unpaired) electrons. The smallest absolute Gasteiger partial charge is 0.173 e. The molecule has 0 unspecified atom stereocenters. The molecule has 2 rings (SSSR count). The van der Waals surface area contributed by atoms with Crippen LogP contribution in [0.15, 0.2) is 30.3 Å². The number of rotatable bonds is 5. The van der Waals surface area contributed by atoms with Crippen LogP contribution in [0.3, 0.4) is 0 Å². The molecule has 1 saturated heterocycles. The molecule has 2 N–H and O–H groups in total. The van der Waals surface area contributed by atoms with E-state index in [2.05, 4.69) is 17.4 Å². The van der Waals surface area contributed by atoms with Gasteiger partial charge in [0.1, 0.15) is 13.1 Å². The third-order valence-electron chi connectivity index (χ3n) is 3.63. The van der Waals surface area contributed by atoms with Crippen LogP contribution in [0.1, 0.15) is 6.42 Å². The molecule has 0 amide bonds. The van der Waals surface area contributed by atoms with Gasteiger partial charge >= 0.3 is 0 Å². The van der Waals surface area contributed by atoms with Crippen LogP contribution in [-0.2, 0) is 4.74 Å². The molecule has 5 heteroatoms. The Bertz CT molecular complexity index is 407. The maximum absolute atomic E-state index is 5.42. The van der Waals surface area contributed by atoms with Crippen molar-refractivity contribution in [2.24, 2.45) is 0 Å². The van der Waals surface area contributed by atoms with Crippen LogP contribution in [0.25, 0.3) is 0 Å². The second-order valence-corrected chi connectivity index (χ2v) is 5.48. The summed E-state index contributed by atoms with van der Waals surface area (Å²) < 4.78 is 5.36. The van der Waals surface area contributed by atoms with Gasteiger partial charge in [-0.2, -0.15) is 0 Å². The Morgan fingerprint density at radius 3 is 2.70 bits per heavy atom. The van der Waals surface area contributed by atoms with Crippen LogP contribution < -0.4 is 15.1 Å². The van der Waals surface area contributed by atoms with E-state index in [9.17, 15) is 0 Å². The van der Waals surface area contributed by atoms with E-state index in [1.54, 1.807) is 4.90 Å². The topological polar surface area (TPSA) is 28.9 Å². The predicted molar refractivity (Wildman–Crippen MR) is 86.4 cm³/mol. The first-order chi connectivity index (χ1) is 9.77. The van der Waals surface area contributed by atoms with Gasteiger partial charge < -0.3 is 19.9 Å². The van der Waals surface area contributed by atoms with Crippen molar-refractivity contribution in [3.05, 3.63) is 30.3 Å². The fourth-order valence-electron chi connectivity index (χ4n) is 2.33. The molecule has 0 aliphatic carbocycles. The molecule has 1 aromatic carbocycles. The molecule has 110 valence electrons. The molecule has 1 fully saturated rings. The average molecular weight is 294 g/mol. The average Bonchev–Trinajstić information content (AvgIpc) is 2.52. The highest BCUT2D eigenvalue weighted by molar-refractivity contribution is 7.80. The summed E-state index contributed by atoms with van der Waals surface area (Å²) in [6, 6.07) is 10.2. The van der Waals surface area contributed by atoms with Gasteiger partial charge in [0, 0.05) is 25.7 Å². The number of morpholine rings is 1. The lowest BCUT2D eigenvalue weighted by atomic mass is 10.3. The molecule has 0 aromatic heterocycles. The monoisotopic (exact) mass is 294 g/mol. The number of nitrogens with one attached hydrogen (secondary N) is 2. The Morgan fingerprint density at radius 2 is 2.00 bits per heavy atom. The maximum Gasteiger partial charge on any atom is 0.173 e. The first-order valence-electron chi connectivity index (χ1n) is 7.25. The van der Waals surface area contributed by atoms with Gasteiger partial charge in [0.05, 0.1) is 19.8 Å². The number of hydrogen-bond acceptors (Lipinski definition) is 2. The van der Waals surface area contributed by atoms with Crippen molar-refractivity contribution in [2.45, 2.75) is 6.42 Å². The van der Waals surface area contributed by atoms with Gasteiger partial charge in [0.25, 0.3) is 0 Å². The zero-order chi connectivity index (χ0) is 14.2. The fourth-order valence-corrected chi connectivity index (χ4v) is 2.54. The van der Waals surface area contributed by atoms with Gasteiger partial charge in [-0.15, -0.1) is 0 Å². The van der Waals surface area contributed by atoms with Crippen molar-refractivity contribution in [1.82, 2.24) is 5.32 Å². The minimum absolute atomic E-state index is 0.785. The molecule has 0 spiro atoms. The van der Waals surface area contributed by atoms with Crippen LogP contribution in [0.2, 0.25) is 0 Å². The van der Waals surface area contributed by atoms with Gasteiger partial charge in [-0.25, -0.2) is 0 Å². The third kappa shape index (κ3) is 4.74. The number of ether oxygens (including phenoxy) is 1. The van der Waals surface area contributed by atoms with Crippen LogP contribution in [0.4, 0.5) is 5.69 Å². The van der Waals surface area contributed by atoms with Crippen molar-refractivity contribution >= 4 is 23.0 Å². The Balaban J connectivity index is 1.64. The van der Waals surface area contributed by atoms with Crippen molar-refractivity contribution < 1.29 is 9.64 Å². The summed E-state index contributed by atoms with van der Waals surface area (Å²) in [5, 5.41) is 4.12. The molecule has 0 bridgehead atoms. The van der Waals surface area contributed by atoms with Crippen molar-refractivity contribution in [1.29, 1.82) is 0 Å². The maximum atomic E-state index is 5.42. The highest BCUT2D eigenvalue weighted by atomic mass is 32.1. The number of para-hydroxylation sites is 1. The van der Waals surface area contributed by atoms with Crippen molar-refractivity contribution in [2.75, 3.05) is 51.3 Å². The lowest BCUT2D eigenvalue weighted by Crippen LogP contribution is -3.14. The fraction of sp³-hybridized carbons (Fsp3) is 0.533. The minimum Gasteiger partial charge on any atom is -0.370 e. The second-order valence-electron chi connectivity index (χ2n) is 5.09. The van der Waals surface area contributed by atoms with E-state index in [0.29, 0.717) is 0 Å². The number of quaternary nitrogens is 1. The largest absolute Gasteiger partial charge is 0.370 e. The van der Waals surface area contributed by atoms with Gasteiger partial charge in [0.15, 0.2) is 5.11 Å². The standard InChI is InChI=1S/C15H23N3OS/c1-17(14-6-3-2-4-7-14)15(20)16-8-5-9-18-10-12-19-13-11-18/h2-4,6-7H,5,8-13H2,1H3,(H,16,20)/p+1. The summed E-state index contributed by atoms with van der Waals surface area (Å²) in [5.41, 5.74) is 1.11. The van der Waals surface area contributed by atoms with Crippen LogP contribution in [0.5, 0.6) is 0 Å². The second kappa shape index (κ2) is 8.19. The van der Waals surface area contributed by atoms with E-state index in [1.165, 1.54) is 6.54 Å². The van der Waals surface area contributed by atoms with Gasteiger partial charge in [0.2, 0.25) is 0 Å². The molecule has 1 aliphatic heterocycles. The van der Waals surface area contributed by atoms with E-state index < -0.39 is 0 Å². The number of nitrogens with zero attached hydrogens (tertiary/aromatic N) is 1. The van der Waals surface area contributed by atoms with E-state index in [-0.39, 0.29) is 0 Å². The Hall–Kier alpha value is -1.17. The molecule has 4 nitrogen and oxygen atoms in total. The van der Waals surface area contributed by atoms with Gasteiger partial charge in [-0.1, -0.05) is 18.2 Å². The number of benzene rings is 1. The van der Waals surface area contributed by atoms with E-state index in [1.807, 2.05) is 30.1 Å². The summed E-state index contributed by atoms with van der Waals surface area (Å²) in [5.74, 6) is 0. The predicted octanol–water partition coefficient (Wildman–Crippen LogP) is 0.303. The number of hydrogen-bond donors (Lipinski definition) is 2. The van der Waals surface area contributed by atoms with Crippen molar-refractivity contribution in [3.8, 4) is 0 Å². The van der Waals surface area contributed by atoms with Crippen LogP contribution in [-0.4, -0.2) is 51.6 Å². The molecule has 20 heavy (non-hydrogen) atoms. The Kier molecular flexibility index (Phi) is 6.24. The Morgan fingerprint density at radius 1 is 1.30 bits per heavy atom. The zero-order valence-corrected chi connectivity index (χ0v) is 12.9. The highest BCUT2D eigenvalue weighted by Gasteiger charge is 2.13. The number of anilines is 1. The molecule has 0 saturated carbocycles. The lowest BCUT2D eigenvalue weighted by Gasteiger charge is -2.24. The summed E-state index contributed by atoms with van der Waals surface area (Å²) >= 11 is 5.42. The molecule has 1 heterocycles. The third-order valence-corrected chi connectivity index (χ3v) is 4.05. The van der Waals surface area contributed by atoms with Crippen LogP contribution in [0, 0.1) is 0 Å². The highest BCUT2D eigenvalue weighted by Crippen LogP contribution is 2.10. The lowest BCUT2D eigenvalue weighted by molar-refractivity contribution is -0.908. The van der Waals surface area contributed by atoms with E-state index in [4.69, 9.17) is 17.0 Å². The van der Waals surface area contributed by atoms with Gasteiger partial charge in [-0.3, -0.25) is 0 Å². The summed E-state index contributed by atoms with van der Waals surface area (Å²) in [4.78, 5) is 3.65. The molecule has 0 atom stereocenters. The normalized spacial score (nSPS) is 15.8. The summed E-state index contributed by atoms with van der Waals surface area (Å²) in [6.07, 6.45) is 1.14. The summed E-state index contributed by atoms with van der Waals surface area (Å²) in [6.45, 7) is 6.19. The Labute approximate surface area is 126 Å². The first kappa shape index (κ1) is 15.2. The zero-order valence-electron chi connectivity index (χ0n) is 12.1. The first-order valence-corrected chi connectivity index (χ1v) is 7.66. The molecular formula is C15H24N3OS+. The van der Waals surface area contributed by atoms with E-state index in [0.717, 1.165) is 50.1 Å². The summed E-state index contributed by atoms with van der Waals surface area (Å²) in [7, 11) is 2.00. The minimum atomic E-state index is 0.785. The number of thiocarbonyl (C=S) groups is 1. The van der Waals surface area contributed by atoms with Gasteiger partial charge in [-0.05, 0) is 24.4 Å².